The lowest BCUT2D eigenvalue weighted by molar-refractivity contribution is -0.136. The van der Waals surface area contributed by atoms with Gasteiger partial charge in [0.25, 0.3) is 5.91 Å². The number of rotatable bonds is 5. The fraction of sp³-hybridized carbons (Fsp3) is 0.464. The number of carbonyl (C=O) groups excluding carboxylic acids is 3. The van der Waals surface area contributed by atoms with Crippen LogP contribution in [0.4, 0.5) is 15.8 Å². The Balaban J connectivity index is 1.12. The molecular formula is C28H31BrFN5O4. The highest BCUT2D eigenvalue weighted by Crippen LogP contribution is 2.36. The van der Waals surface area contributed by atoms with E-state index in [4.69, 9.17) is 4.74 Å². The van der Waals surface area contributed by atoms with Crippen LogP contribution in [0.15, 0.2) is 34.8 Å². The lowest BCUT2D eigenvalue weighted by Gasteiger charge is -2.37. The number of amides is 3. The van der Waals surface area contributed by atoms with Crippen LogP contribution >= 0.6 is 15.9 Å². The third kappa shape index (κ3) is 5.27. The predicted octanol–water partition coefficient (Wildman–Crippen LogP) is 2.51. The molecule has 3 fully saturated rings. The molecule has 2 aromatic carbocycles. The highest BCUT2D eigenvalue weighted by atomic mass is 79.9. The molecule has 9 nitrogen and oxygen atoms in total. The molecule has 11 heteroatoms. The third-order valence-electron chi connectivity index (χ3n) is 8.08. The second-order valence-electron chi connectivity index (χ2n) is 10.5. The average molecular weight is 600 g/mol. The van der Waals surface area contributed by atoms with E-state index in [1.807, 2.05) is 0 Å². The van der Waals surface area contributed by atoms with Crippen LogP contribution in [0.2, 0.25) is 0 Å². The van der Waals surface area contributed by atoms with Gasteiger partial charge in [0, 0.05) is 80.1 Å². The smallest absolute Gasteiger partial charge is 0.255 e. The SMILES string of the molecule is O=C1CCC(N2Cc3c(cc(F)cc3N3CCN(Cc4ccc(N5CCOCC5)c(Br)c4)CC3)C2=O)C(=O)N1. The third-order valence-corrected chi connectivity index (χ3v) is 8.72. The number of hydrogen-bond acceptors (Lipinski definition) is 7. The van der Waals surface area contributed by atoms with Crippen molar-refractivity contribution in [2.75, 3.05) is 62.3 Å². The van der Waals surface area contributed by atoms with Crippen molar-refractivity contribution in [2.45, 2.75) is 32.0 Å². The Morgan fingerprint density at radius 3 is 2.41 bits per heavy atom. The van der Waals surface area contributed by atoms with E-state index < -0.39 is 17.8 Å². The molecule has 4 heterocycles. The lowest BCUT2D eigenvalue weighted by atomic mass is 10.0. The minimum absolute atomic E-state index is 0.187. The minimum Gasteiger partial charge on any atom is -0.378 e. The van der Waals surface area contributed by atoms with Crippen LogP contribution in [0.1, 0.15) is 34.3 Å². The molecule has 1 atom stereocenters. The van der Waals surface area contributed by atoms with Gasteiger partial charge in [-0.05, 0) is 52.2 Å². The standard InChI is InChI=1S/C28H31BrFN5O4/c29-22-13-18(1-2-23(22)34-9-11-39-12-10-34)16-32-5-7-33(8-6-32)25-15-19(30)14-20-21(25)17-35(28(20)38)24-3-4-26(36)31-27(24)37/h1-2,13-15,24H,3-12,16-17H2,(H,31,36,37). The van der Waals surface area contributed by atoms with E-state index in [1.54, 1.807) is 0 Å². The summed E-state index contributed by atoms with van der Waals surface area (Å²) in [5, 5.41) is 2.32. The van der Waals surface area contributed by atoms with Crippen LogP contribution in [0, 0.1) is 5.82 Å². The molecule has 0 saturated carbocycles. The Hall–Kier alpha value is -3.02. The van der Waals surface area contributed by atoms with Gasteiger partial charge in [0.1, 0.15) is 11.9 Å². The van der Waals surface area contributed by atoms with E-state index in [-0.39, 0.29) is 31.2 Å². The fourth-order valence-corrected chi connectivity index (χ4v) is 6.68. The first-order chi connectivity index (χ1) is 18.9. The molecule has 0 radical (unpaired) electrons. The summed E-state index contributed by atoms with van der Waals surface area (Å²) in [6, 6.07) is 8.58. The Kier molecular flexibility index (Phi) is 7.30. The Labute approximate surface area is 235 Å². The molecule has 39 heavy (non-hydrogen) atoms. The van der Waals surface area contributed by atoms with Gasteiger partial charge in [-0.25, -0.2) is 4.39 Å². The number of ether oxygens (including phenoxy) is 1. The Morgan fingerprint density at radius 2 is 1.69 bits per heavy atom. The zero-order valence-corrected chi connectivity index (χ0v) is 23.2. The lowest BCUT2D eigenvalue weighted by Crippen LogP contribution is -2.52. The minimum atomic E-state index is -0.718. The van der Waals surface area contributed by atoms with Gasteiger partial charge in [-0.2, -0.15) is 0 Å². The van der Waals surface area contributed by atoms with Crippen LogP contribution in [0.25, 0.3) is 0 Å². The molecule has 3 amide bonds. The molecule has 0 aliphatic carbocycles. The van der Waals surface area contributed by atoms with Crippen molar-refractivity contribution >= 4 is 45.0 Å². The number of fused-ring (bicyclic) bond motifs is 1. The van der Waals surface area contributed by atoms with Crippen LogP contribution in [-0.2, 0) is 27.4 Å². The van der Waals surface area contributed by atoms with Crippen LogP contribution in [-0.4, -0.2) is 86.0 Å². The number of morpholine rings is 1. The molecule has 4 aliphatic rings. The summed E-state index contributed by atoms with van der Waals surface area (Å²) in [6.45, 7) is 7.34. The topological polar surface area (TPSA) is 85.4 Å². The number of carbonyl (C=O) groups is 3. The summed E-state index contributed by atoms with van der Waals surface area (Å²) < 4.78 is 21.2. The van der Waals surface area contributed by atoms with Crippen molar-refractivity contribution in [1.82, 2.24) is 15.1 Å². The molecule has 1 N–H and O–H groups in total. The van der Waals surface area contributed by atoms with Gasteiger partial charge < -0.3 is 19.4 Å². The summed E-state index contributed by atoms with van der Waals surface area (Å²) in [7, 11) is 0. The maximum absolute atomic E-state index is 14.7. The first-order valence-corrected chi connectivity index (χ1v) is 14.2. The van der Waals surface area contributed by atoms with E-state index in [1.165, 1.54) is 28.3 Å². The van der Waals surface area contributed by atoms with Crippen molar-refractivity contribution in [3.63, 3.8) is 0 Å². The first-order valence-electron chi connectivity index (χ1n) is 13.4. The number of piperazine rings is 1. The van der Waals surface area contributed by atoms with E-state index in [0.29, 0.717) is 24.3 Å². The maximum Gasteiger partial charge on any atom is 0.255 e. The van der Waals surface area contributed by atoms with Gasteiger partial charge in [0.2, 0.25) is 11.8 Å². The number of piperidine rings is 1. The van der Waals surface area contributed by atoms with Gasteiger partial charge in [-0.1, -0.05) is 6.07 Å². The summed E-state index contributed by atoms with van der Waals surface area (Å²) in [5.74, 6) is -1.61. The molecule has 6 rings (SSSR count). The monoisotopic (exact) mass is 599 g/mol. The summed E-state index contributed by atoms with van der Waals surface area (Å²) in [5.41, 5.74) is 4.19. The largest absolute Gasteiger partial charge is 0.378 e. The van der Waals surface area contributed by atoms with Gasteiger partial charge in [-0.15, -0.1) is 0 Å². The van der Waals surface area contributed by atoms with Crippen LogP contribution in [0.5, 0.6) is 0 Å². The van der Waals surface area contributed by atoms with Crippen molar-refractivity contribution < 1.29 is 23.5 Å². The molecule has 2 aromatic rings. The average Bonchev–Trinajstić information content (AvgIpc) is 3.25. The van der Waals surface area contributed by atoms with E-state index >= 15 is 0 Å². The number of imide groups is 1. The van der Waals surface area contributed by atoms with Crippen LogP contribution in [0.3, 0.4) is 0 Å². The van der Waals surface area contributed by atoms with Crippen molar-refractivity contribution in [1.29, 1.82) is 0 Å². The Bertz CT molecular complexity index is 1310. The molecule has 4 aliphatic heterocycles. The molecular weight excluding hydrogens is 569 g/mol. The van der Waals surface area contributed by atoms with E-state index in [0.717, 1.165) is 56.0 Å². The van der Waals surface area contributed by atoms with E-state index in [9.17, 15) is 18.8 Å². The molecule has 0 spiro atoms. The second kappa shape index (κ2) is 10.9. The van der Waals surface area contributed by atoms with Gasteiger partial charge in [-0.3, -0.25) is 24.6 Å². The van der Waals surface area contributed by atoms with Crippen LogP contribution < -0.4 is 15.1 Å². The summed E-state index contributed by atoms with van der Waals surface area (Å²) in [6.07, 6.45) is 0.469. The Morgan fingerprint density at radius 1 is 0.949 bits per heavy atom. The zero-order valence-electron chi connectivity index (χ0n) is 21.6. The maximum atomic E-state index is 14.7. The molecule has 0 aromatic heterocycles. The number of nitrogens with zero attached hydrogens (tertiary/aromatic N) is 4. The normalized spacial score (nSPS) is 22.4. The fourth-order valence-electron chi connectivity index (χ4n) is 6.00. The number of nitrogens with one attached hydrogen (secondary N) is 1. The summed E-state index contributed by atoms with van der Waals surface area (Å²) in [4.78, 5) is 45.5. The number of anilines is 2. The van der Waals surface area contributed by atoms with Crippen molar-refractivity contribution in [3.05, 3.63) is 57.3 Å². The first kappa shape index (κ1) is 26.2. The molecule has 3 saturated heterocycles. The number of halogens is 2. The molecule has 1 unspecified atom stereocenters. The van der Waals surface area contributed by atoms with Gasteiger partial charge in [0.05, 0.1) is 18.9 Å². The highest BCUT2D eigenvalue weighted by Gasteiger charge is 2.41. The number of hydrogen-bond donors (Lipinski definition) is 1. The molecule has 0 bridgehead atoms. The quantitative estimate of drug-likeness (QED) is 0.529. The molecule has 206 valence electrons. The van der Waals surface area contributed by atoms with Crippen molar-refractivity contribution in [3.8, 4) is 0 Å². The predicted molar refractivity (Wildman–Crippen MR) is 147 cm³/mol. The van der Waals surface area contributed by atoms with Gasteiger partial charge in [0.15, 0.2) is 0 Å². The highest BCUT2D eigenvalue weighted by molar-refractivity contribution is 9.10. The van der Waals surface area contributed by atoms with Gasteiger partial charge >= 0.3 is 0 Å². The van der Waals surface area contributed by atoms with Crippen molar-refractivity contribution in [2.24, 2.45) is 0 Å². The summed E-state index contributed by atoms with van der Waals surface area (Å²) >= 11 is 3.75. The number of benzene rings is 2. The zero-order chi connectivity index (χ0) is 27.1. The van der Waals surface area contributed by atoms with E-state index in [2.05, 4.69) is 54.1 Å². The second-order valence-corrected chi connectivity index (χ2v) is 11.4.